The second-order valence-electron chi connectivity index (χ2n) is 5.29. The molecule has 0 atom stereocenters. The van der Waals surface area contributed by atoms with Crippen LogP contribution in [0.15, 0.2) is 18.2 Å². The van der Waals surface area contributed by atoms with Crippen LogP contribution in [0.2, 0.25) is 0 Å². The van der Waals surface area contributed by atoms with Gasteiger partial charge in [0.05, 0.1) is 4.92 Å². The third kappa shape index (κ3) is 2.89. The van der Waals surface area contributed by atoms with Crippen LogP contribution in [0.5, 0.6) is 0 Å². The van der Waals surface area contributed by atoms with Gasteiger partial charge in [-0.25, -0.2) is 0 Å². The molecule has 0 unspecified atom stereocenters. The van der Waals surface area contributed by atoms with Crippen LogP contribution in [-0.2, 0) is 5.41 Å². The van der Waals surface area contributed by atoms with E-state index in [1.54, 1.807) is 12.1 Å². The predicted molar refractivity (Wildman–Crippen MR) is 75.0 cm³/mol. The van der Waals surface area contributed by atoms with Gasteiger partial charge in [-0.3, -0.25) is 10.1 Å². The van der Waals surface area contributed by atoms with Crippen LogP contribution >= 0.6 is 0 Å². The number of aryl methyl sites for hydroxylation is 1. The van der Waals surface area contributed by atoms with Crippen molar-refractivity contribution in [3.8, 4) is 0 Å². The zero-order valence-electron chi connectivity index (χ0n) is 11.8. The Kier molecular flexibility index (Phi) is 4.88. The van der Waals surface area contributed by atoms with Crippen molar-refractivity contribution in [2.75, 3.05) is 0 Å². The van der Waals surface area contributed by atoms with Crippen LogP contribution in [0.1, 0.15) is 57.6 Å². The highest BCUT2D eigenvalue weighted by atomic mass is 16.6. The maximum Gasteiger partial charge on any atom is 0.273 e. The number of nitrogens with zero attached hydrogens (tertiary/aromatic N) is 1. The Balaban J connectivity index is 3.39. The van der Waals surface area contributed by atoms with Gasteiger partial charge in [-0.2, -0.15) is 0 Å². The Hall–Kier alpha value is -1.38. The Morgan fingerprint density at radius 2 is 1.78 bits per heavy atom. The second-order valence-corrected chi connectivity index (χ2v) is 5.29. The zero-order valence-corrected chi connectivity index (χ0v) is 11.8. The summed E-state index contributed by atoms with van der Waals surface area (Å²) in [6.45, 7) is 8.41. The van der Waals surface area contributed by atoms with E-state index in [2.05, 4.69) is 20.8 Å². The van der Waals surface area contributed by atoms with Crippen molar-refractivity contribution in [3.63, 3.8) is 0 Å². The standard InChI is InChI=1S/C15H23NO2/c1-5-10-15(4,11-6-2)14-12(3)8-7-9-13(14)16(17)18/h7-9H,5-6,10-11H2,1-4H3. The molecular formula is C15H23NO2. The summed E-state index contributed by atoms with van der Waals surface area (Å²) in [6, 6.07) is 5.38. The maximum absolute atomic E-state index is 11.2. The molecule has 0 amide bonds. The van der Waals surface area contributed by atoms with Crippen LogP contribution in [0.25, 0.3) is 0 Å². The van der Waals surface area contributed by atoms with Gasteiger partial charge in [0.15, 0.2) is 0 Å². The van der Waals surface area contributed by atoms with E-state index in [-0.39, 0.29) is 16.0 Å². The monoisotopic (exact) mass is 249 g/mol. The molecule has 0 aliphatic heterocycles. The first-order chi connectivity index (χ1) is 8.46. The molecule has 1 rings (SSSR count). The number of hydrogen-bond donors (Lipinski definition) is 0. The van der Waals surface area contributed by atoms with Gasteiger partial charge in [-0.15, -0.1) is 0 Å². The summed E-state index contributed by atoms with van der Waals surface area (Å²) >= 11 is 0. The molecule has 100 valence electrons. The SMILES string of the molecule is CCCC(C)(CCC)c1c(C)cccc1[N+](=O)[O-]. The van der Waals surface area contributed by atoms with E-state index >= 15 is 0 Å². The molecule has 0 saturated heterocycles. The molecule has 1 aromatic carbocycles. The number of benzene rings is 1. The summed E-state index contributed by atoms with van der Waals surface area (Å²) in [4.78, 5) is 11.0. The van der Waals surface area contributed by atoms with Crippen molar-refractivity contribution in [2.24, 2.45) is 0 Å². The van der Waals surface area contributed by atoms with Crippen molar-refractivity contribution in [1.29, 1.82) is 0 Å². The van der Waals surface area contributed by atoms with Gasteiger partial charge in [-0.05, 0) is 30.7 Å². The number of nitro groups is 1. The van der Waals surface area contributed by atoms with E-state index in [1.165, 1.54) is 0 Å². The summed E-state index contributed by atoms with van der Waals surface area (Å²) < 4.78 is 0. The summed E-state index contributed by atoms with van der Waals surface area (Å²) in [5.74, 6) is 0. The fourth-order valence-corrected chi connectivity index (χ4v) is 3.07. The van der Waals surface area contributed by atoms with Gasteiger partial charge in [0, 0.05) is 11.6 Å². The minimum absolute atomic E-state index is 0.0861. The molecule has 0 heterocycles. The molecular weight excluding hydrogens is 226 g/mol. The Bertz CT molecular complexity index is 421. The maximum atomic E-state index is 11.2. The molecule has 3 nitrogen and oxygen atoms in total. The topological polar surface area (TPSA) is 43.1 Å². The van der Waals surface area contributed by atoms with Gasteiger partial charge in [0.2, 0.25) is 0 Å². The highest BCUT2D eigenvalue weighted by Crippen LogP contribution is 2.40. The van der Waals surface area contributed by atoms with Crippen molar-refractivity contribution in [2.45, 2.75) is 58.8 Å². The lowest BCUT2D eigenvalue weighted by Gasteiger charge is -2.30. The number of rotatable bonds is 6. The summed E-state index contributed by atoms with van der Waals surface area (Å²) in [5.41, 5.74) is 2.16. The molecule has 3 heteroatoms. The Labute approximate surface area is 109 Å². The fraction of sp³-hybridized carbons (Fsp3) is 0.600. The van der Waals surface area contributed by atoms with Crippen LogP contribution in [0.3, 0.4) is 0 Å². The van der Waals surface area contributed by atoms with Crippen molar-refractivity contribution < 1.29 is 4.92 Å². The van der Waals surface area contributed by atoms with Crippen LogP contribution < -0.4 is 0 Å². The van der Waals surface area contributed by atoms with Crippen molar-refractivity contribution >= 4 is 5.69 Å². The third-order valence-corrected chi connectivity index (χ3v) is 3.65. The van der Waals surface area contributed by atoms with E-state index in [9.17, 15) is 10.1 Å². The molecule has 0 aliphatic rings. The van der Waals surface area contributed by atoms with Crippen molar-refractivity contribution in [3.05, 3.63) is 39.4 Å². The molecule has 0 spiro atoms. The molecule has 0 N–H and O–H groups in total. The zero-order chi connectivity index (χ0) is 13.8. The van der Waals surface area contributed by atoms with E-state index in [0.717, 1.165) is 36.8 Å². The molecule has 1 aromatic rings. The number of nitro benzene ring substituents is 1. The Morgan fingerprint density at radius 1 is 1.22 bits per heavy atom. The normalized spacial score (nSPS) is 11.6. The van der Waals surface area contributed by atoms with Crippen molar-refractivity contribution in [1.82, 2.24) is 0 Å². The average molecular weight is 249 g/mol. The first-order valence-electron chi connectivity index (χ1n) is 6.70. The summed E-state index contributed by atoms with van der Waals surface area (Å²) in [7, 11) is 0. The molecule has 0 saturated carbocycles. The van der Waals surface area contributed by atoms with Gasteiger partial charge >= 0.3 is 0 Å². The smallest absolute Gasteiger partial charge is 0.258 e. The fourth-order valence-electron chi connectivity index (χ4n) is 3.07. The first-order valence-corrected chi connectivity index (χ1v) is 6.70. The predicted octanol–water partition coefficient (Wildman–Crippen LogP) is 4.76. The largest absolute Gasteiger partial charge is 0.273 e. The highest BCUT2D eigenvalue weighted by Gasteiger charge is 2.33. The number of hydrogen-bond acceptors (Lipinski definition) is 2. The summed E-state index contributed by atoms with van der Waals surface area (Å²) in [5, 5.41) is 11.2. The molecule has 0 aliphatic carbocycles. The van der Waals surface area contributed by atoms with Gasteiger partial charge in [0.25, 0.3) is 5.69 Å². The summed E-state index contributed by atoms with van der Waals surface area (Å²) in [6.07, 6.45) is 4.07. The lowest BCUT2D eigenvalue weighted by atomic mass is 9.73. The van der Waals surface area contributed by atoms with E-state index in [0.29, 0.717) is 0 Å². The van der Waals surface area contributed by atoms with E-state index in [1.807, 2.05) is 13.0 Å². The van der Waals surface area contributed by atoms with Gasteiger partial charge in [0.1, 0.15) is 0 Å². The highest BCUT2D eigenvalue weighted by molar-refractivity contribution is 5.49. The minimum Gasteiger partial charge on any atom is -0.258 e. The van der Waals surface area contributed by atoms with E-state index in [4.69, 9.17) is 0 Å². The van der Waals surface area contributed by atoms with Crippen LogP contribution in [0, 0.1) is 17.0 Å². The third-order valence-electron chi connectivity index (χ3n) is 3.65. The van der Waals surface area contributed by atoms with Crippen LogP contribution in [0.4, 0.5) is 5.69 Å². The first kappa shape index (κ1) is 14.7. The lowest BCUT2D eigenvalue weighted by molar-refractivity contribution is -0.386. The molecule has 0 bridgehead atoms. The Morgan fingerprint density at radius 3 is 2.22 bits per heavy atom. The molecule has 0 fully saturated rings. The van der Waals surface area contributed by atoms with Crippen LogP contribution in [-0.4, -0.2) is 4.92 Å². The van der Waals surface area contributed by atoms with Gasteiger partial charge in [-0.1, -0.05) is 45.7 Å². The van der Waals surface area contributed by atoms with E-state index < -0.39 is 0 Å². The molecule has 0 aromatic heterocycles. The quantitative estimate of drug-likeness (QED) is 0.538. The average Bonchev–Trinajstić information content (AvgIpc) is 2.28. The lowest BCUT2D eigenvalue weighted by Crippen LogP contribution is -2.24. The van der Waals surface area contributed by atoms with Gasteiger partial charge < -0.3 is 0 Å². The molecule has 18 heavy (non-hydrogen) atoms. The second kappa shape index (κ2) is 5.98. The molecule has 0 radical (unpaired) electrons. The minimum atomic E-state index is -0.244.